The molecule has 1 aromatic heterocycles. The van der Waals surface area contributed by atoms with E-state index in [9.17, 15) is 19.3 Å². The molecule has 0 saturated heterocycles. The molecule has 7 nitrogen and oxygen atoms in total. The number of nitrogens with zero attached hydrogens (tertiary/aromatic N) is 3. The topological polar surface area (TPSA) is 85.6 Å². The normalized spacial score (nSPS) is 10.4. The number of anilines is 2. The van der Waals surface area contributed by atoms with Crippen LogP contribution in [0.1, 0.15) is 12.6 Å². The highest BCUT2D eigenvalue weighted by Gasteiger charge is 2.21. The van der Waals surface area contributed by atoms with Crippen LogP contribution in [-0.4, -0.2) is 15.8 Å². The van der Waals surface area contributed by atoms with Crippen LogP contribution in [0.5, 0.6) is 5.75 Å². The molecule has 0 aliphatic heterocycles. The largest absolute Gasteiger partial charge is 0.487 e. The number of nitro benzene ring substituents is 1. The van der Waals surface area contributed by atoms with Crippen LogP contribution >= 0.6 is 11.3 Å². The van der Waals surface area contributed by atoms with Crippen molar-refractivity contribution >= 4 is 33.8 Å². The van der Waals surface area contributed by atoms with Crippen molar-refractivity contribution in [3.63, 3.8) is 0 Å². The third-order valence-electron chi connectivity index (χ3n) is 3.57. The number of aromatic nitrogens is 1. The molecule has 2 aromatic carbocycles. The number of hydrogen-bond acceptors (Lipinski definition) is 6. The molecule has 0 aliphatic carbocycles. The van der Waals surface area contributed by atoms with Gasteiger partial charge in [-0.25, -0.2) is 9.37 Å². The van der Waals surface area contributed by atoms with Gasteiger partial charge < -0.3 is 4.74 Å². The third kappa shape index (κ3) is 4.26. The fourth-order valence-corrected chi connectivity index (χ4v) is 3.19. The Labute approximate surface area is 157 Å². The minimum Gasteiger partial charge on any atom is -0.487 e. The van der Waals surface area contributed by atoms with Crippen molar-refractivity contribution in [2.45, 2.75) is 13.5 Å². The van der Waals surface area contributed by atoms with E-state index in [1.54, 1.807) is 17.5 Å². The summed E-state index contributed by atoms with van der Waals surface area (Å²) in [5.41, 5.74) is 0.651. The van der Waals surface area contributed by atoms with Crippen LogP contribution in [0.3, 0.4) is 0 Å². The average molecular weight is 387 g/mol. The summed E-state index contributed by atoms with van der Waals surface area (Å²) in [6.45, 7) is 1.44. The summed E-state index contributed by atoms with van der Waals surface area (Å²) < 4.78 is 19.6. The Kier molecular flexibility index (Phi) is 5.41. The van der Waals surface area contributed by atoms with Crippen molar-refractivity contribution in [3.8, 4) is 5.75 Å². The highest BCUT2D eigenvalue weighted by molar-refractivity contribution is 7.14. The Morgan fingerprint density at radius 3 is 2.59 bits per heavy atom. The van der Waals surface area contributed by atoms with Crippen LogP contribution in [-0.2, 0) is 11.4 Å². The predicted molar refractivity (Wildman–Crippen MR) is 98.8 cm³/mol. The number of thiazole rings is 1. The monoisotopic (exact) mass is 387 g/mol. The summed E-state index contributed by atoms with van der Waals surface area (Å²) >= 11 is 1.19. The summed E-state index contributed by atoms with van der Waals surface area (Å²) in [7, 11) is 0. The van der Waals surface area contributed by atoms with Crippen molar-refractivity contribution in [1.82, 2.24) is 4.98 Å². The Hall–Kier alpha value is -3.33. The van der Waals surface area contributed by atoms with E-state index < -0.39 is 10.7 Å². The van der Waals surface area contributed by atoms with E-state index in [1.807, 2.05) is 0 Å². The molecule has 3 aromatic rings. The lowest BCUT2D eigenvalue weighted by atomic mass is 10.3. The molecule has 0 unspecified atom stereocenters. The first kappa shape index (κ1) is 18.5. The predicted octanol–water partition coefficient (Wildman–Crippen LogP) is 4.45. The summed E-state index contributed by atoms with van der Waals surface area (Å²) in [5, 5.41) is 12.7. The molecule has 138 valence electrons. The number of carbonyl (C=O) groups excluding carboxylic acids is 1. The lowest BCUT2D eigenvalue weighted by molar-refractivity contribution is -0.384. The lowest BCUT2D eigenvalue weighted by Crippen LogP contribution is -2.23. The fraction of sp³-hybridized carbons (Fsp3) is 0.111. The summed E-state index contributed by atoms with van der Waals surface area (Å²) in [5.74, 6) is -0.434. The van der Waals surface area contributed by atoms with Gasteiger partial charge in [-0.15, -0.1) is 11.3 Å². The van der Waals surface area contributed by atoms with Gasteiger partial charge in [0, 0.05) is 24.4 Å². The number of ether oxygens (including phenoxy) is 1. The van der Waals surface area contributed by atoms with E-state index in [2.05, 4.69) is 4.98 Å². The second-order valence-corrected chi connectivity index (χ2v) is 6.30. The zero-order valence-corrected chi connectivity index (χ0v) is 15.0. The molecule has 0 spiro atoms. The SMILES string of the molecule is CC(=O)N(c1nc(COc2ccc([N+](=O)[O-])cc2)cs1)c1ccccc1F. The van der Waals surface area contributed by atoms with Gasteiger partial charge in [-0.2, -0.15) is 0 Å². The van der Waals surface area contributed by atoms with Crippen molar-refractivity contribution < 1.29 is 18.8 Å². The molecule has 0 radical (unpaired) electrons. The van der Waals surface area contributed by atoms with Gasteiger partial charge in [0.15, 0.2) is 5.13 Å². The summed E-state index contributed by atoms with van der Waals surface area (Å²) in [6.07, 6.45) is 0. The minimum atomic E-state index is -0.522. The first-order valence-electron chi connectivity index (χ1n) is 7.82. The molecule has 1 heterocycles. The number of benzene rings is 2. The van der Waals surface area contributed by atoms with E-state index in [4.69, 9.17) is 4.74 Å². The fourth-order valence-electron chi connectivity index (χ4n) is 2.33. The maximum Gasteiger partial charge on any atom is 0.269 e. The van der Waals surface area contributed by atoms with Crippen molar-refractivity contribution in [2.24, 2.45) is 0 Å². The van der Waals surface area contributed by atoms with E-state index in [1.165, 1.54) is 59.6 Å². The Morgan fingerprint density at radius 2 is 1.96 bits per heavy atom. The van der Waals surface area contributed by atoms with Gasteiger partial charge in [-0.05, 0) is 24.3 Å². The van der Waals surface area contributed by atoms with E-state index in [0.29, 0.717) is 16.6 Å². The molecule has 0 atom stereocenters. The second-order valence-electron chi connectivity index (χ2n) is 5.47. The highest BCUT2D eigenvalue weighted by Crippen LogP contribution is 2.31. The minimum absolute atomic E-state index is 0.0275. The molecule has 9 heteroatoms. The average Bonchev–Trinajstić information content (AvgIpc) is 3.10. The number of para-hydroxylation sites is 1. The summed E-state index contributed by atoms with van der Waals surface area (Å²) in [4.78, 5) is 27.7. The third-order valence-corrected chi connectivity index (χ3v) is 4.45. The van der Waals surface area contributed by atoms with Crippen molar-refractivity contribution in [3.05, 3.63) is 75.5 Å². The molecular formula is C18H14FN3O4S. The van der Waals surface area contributed by atoms with Gasteiger partial charge in [0.05, 0.1) is 16.3 Å². The molecule has 0 bridgehead atoms. The standard InChI is InChI=1S/C18H14FN3O4S/c1-12(23)21(17-5-3-2-4-16(17)19)18-20-13(11-27-18)10-26-15-8-6-14(7-9-15)22(24)25/h2-9,11H,10H2,1H3. The Morgan fingerprint density at radius 1 is 1.26 bits per heavy atom. The molecule has 0 aliphatic rings. The number of carbonyl (C=O) groups is 1. The first-order chi connectivity index (χ1) is 13.0. The van der Waals surface area contributed by atoms with E-state index in [-0.39, 0.29) is 23.9 Å². The lowest BCUT2D eigenvalue weighted by Gasteiger charge is -2.18. The van der Waals surface area contributed by atoms with Crippen LogP contribution in [0.15, 0.2) is 53.9 Å². The van der Waals surface area contributed by atoms with Crippen LogP contribution in [0.2, 0.25) is 0 Å². The van der Waals surface area contributed by atoms with Gasteiger partial charge in [-0.1, -0.05) is 12.1 Å². The molecule has 3 rings (SSSR count). The number of non-ortho nitro benzene ring substituents is 1. The van der Waals surface area contributed by atoms with Gasteiger partial charge in [-0.3, -0.25) is 19.8 Å². The molecule has 0 fully saturated rings. The number of rotatable bonds is 6. The van der Waals surface area contributed by atoms with E-state index >= 15 is 0 Å². The van der Waals surface area contributed by atoms with Gasteiger partial charge in [0.2, 0.25) is 5.91 Å². The molecule has 0 N–H and O–H groups in total. The second kappa shape index (κ2) is 7.92. The Balaban J connectivity index is 1.74. The quantitative estimate of drug-likeness (QED) is 0.461. The van der Waals surface area contributed by atoms with Crippen LogP contribution in [0.4, 0.5) is 20.9 Å². The zero-order chi connectivity index (χ0) is 19.4. The summed E-state index contributed by atoms with van der Waals surface area (Å²) in [6, 6.07) is 11.6. The maximum atomic E-state index is 14.1. The first-order valence-corrected chi connectivity index (χ1v) is 8.70. The maximum absolute atomic E-state index is 14.1. The molecule has 1 amide bonds. The zero-order valence-electron chi connectivity index (χ0n) is 14.2. The number of nitro groups is 1. The number of hydrogen-bond donors (Lipinski definition) is 0. The molecule has 0 saturated carbocycles. The smallest absolute Gasteiger partial charge is 0.269 e. The van der Waals surface area contributed by atoms with Crippen LogP contribution in [0.25, 0.3) is 0 Å². The highest BCUT2D eigenvalue weighted by atomic mass is 32.1. The van der Waals surface area contributed by atoms with Crippen molar-refractivity contribution in [1.29, 1.82) is 0 Å². The number of amides is 1. The Bertz CT molecular complexity index is 975. The van der Waals surface area contributed by atoms with Gasteiger partial charge in [0.25, 0.3) is 5.69 Å². The molecule has 27 heavy (non-hydrogen) atoms. The molecular weight excluding hydrogens is 373 g/mol. The number of halogens is 1. The van der Waals surface area contributed by atoms with Gasteiger partial charge >= 0.3 is 0 Å². The van der Waals surface area contributed by atoms with Crippen LogP contribution in [0, 0.1) is 15.9 Å². The van der Waals surface area contributed by atoms with Crippen molar-refractivity contribution in [2.75, 3.05) is 4.90 Å². The van der Waals surface area contributed by atoms with Crippen LogP contribution < -0.4 is 9.64 Å². The van der Waals surface area contributed by atoms with E-state index in [0.717, 1.165) is 0 Å². The van der Waals surface area contributed by atoms with Gasteiger partial charge in [0.1, 0.15) is 18.2 Å².